The molecule has 0 N–H and O–H groups in total. The van der Waals surface area contributed by atoms with Gasteiger partial charge in [-0.25, -0.2) is 0 Å². The van der Waals surface area contributed by atoms with Crippen molar-refractivity contribution in [1.82, 2.24) is 0 Å². The van der Waals surface area contributed by atoms with Crippen molar-refractivity contribution in [2.45, 2.75) is 7.55 Å². The van der Waals surface area contributed by atoms with E-state index in [2.05, 4.69) is 0 Å². The van der Waals surface area contributed by atoms with Crippen molar-refractivity contribution in [3.63, 3.8) is 0 Å². The first-order chi connectivity index (χ1) is 5.15. The van der Waals surface area contributed by atoms with Gasteiger partial charge in [0.05, 0.1) is 5.34 Å². The van der Waals surface area contributed by atoms with E-state index in [-0.39, 0.29) is 5.34 Å². The molecule has 0 unspecified atom stereocenters. The summed E-state index contributed by atoms with van der Waals surface area (Å²) in [5.41, 5.74) is 0. The van der Waals surface area contributed by atoms with E-state index < -0.39 is 7.55 Å². The first kappa shape index (κ1) is 20.1. The second-order valence-corrected chi connectivity index (χ2v) is 6.99. The van der Waals surface area contributed by atoms with Gasteiger partial charge in [-0.05, 0) is 0 Å². The van der Waals surface area contributed by atoms with Crippen molar-refractivity contribution in [2.24, 2.45) is 0 Å². The van der Waals surface area contributed by atoms with Crippen LogP contribution < -0.4 is 0 Å². The number of hydrogen-bond donors (Lipinski definition) is 0. The molecule has 78 valence electrons. The SMILES string of the molecule is ClC(Cl)(Cl)Cl.ClC(Cl)Cl.ClCCl. The van der Waals surface area contributed by atoms with Gasteiger partial charge < -0.3 is 0 Å². The van der Waals surface area contributed by atoms with Crippen LogP contribution in [0.4, 0.5) is 0 Å². The maximum atomic E-state index is 4.83. The zero-order chi connectivity index (χ0) is 10.8. The molecule has 0 aromatic carbocycles. The lowest BCUT2D eigenvalue weighted by atomic mass is 11.8. The van der Waals surface area contributed by atoms with E-state index in [0.29, 0.717) is 0 Å². The summed E-state index contributed by atoms with van der Waals surface area (Å²) in [4.78, 5) is 0. The number of hydrogen-bond acceptors (Lipinski definition) is 0. The molecular weight excluding hydrogens is 355 g/mol. The van der Waals surface area contributed by atoms with Crippen LogP contribution in [0.5, 0.6) is 0 Å². The molecular formula is C3H3Cl9. The zero-order valence-electron chi connectivity index (χ0n) is 5.19. The van der Waals surface area contributed by atoms with Crippen LogP contribution in [0.2, 0.25) is 0 Å². The fraction of sp³-hybridized carbons (Fsp3) is 1.00. The Kier molecular flexibility index (Phi) is 22.8. The van der Waals surface area contributed by atoms with Gasteiger partial charge in [-0.1, -0.05) is 81.2 Å². The highest BCUT2D eigenvalue weighted by Gasteiger charge is 2.11. The van der Waals surface area contributed by atoms with E-state index in [1.54, 1.807) is 0 Å². The van der Waals surface area contributed by atoms with Crippen molar-refractivity contribution in [1.29, 1.82) is 0 Å². The Hall–Kier alpha value is 2.61. The second kappa shape index (κ2) is 13.6. The van der Waals surface area contributed by atoms with Crippen molar-refractivity contribution >= 4 is 104 Å². The molecule has 0 aliphatic heterocycles. The summed E-state index contributed by atoms with van der Waals surface area (Å²) in [5, 5.41) is 0.194. The molecule has 0 aromatic heterocycles. The van der Waals surface area contributed by atoms with Gasteiger partial charge in [0, 0.05) is 0 Å². The van der Waals surface area contributed by atoms with Gasteiger partial charge in [-0.15, -0.1) is 23.2 Å². The molecule has 0 rings (SSSR count). The molecule has 0 saturated carbocycles. The molecule has 0 heterocycles. The van der Waals surface area contributed by atoms with Gasteiger partial charge in [-0.3, -0.25) is 0 Å². The molecule has 0 amide bonds. The monoisotopic (exact) mass is 354 g/mol. The summed E-state index contributed by atoms with van der Waals surface area (Å²) in [7, 11) is 0. The molecule has 0 aliphatic rings. The molecule has 0 bridgehead atoms. The largest absolute Gasteiger partial charge is 0.266 e. The minimum atomic E-state index is -1.61. The van der Waals surface area contributed by atoms with Crippen LogP contribution in [0, 0.1) is 0 Å². The first-order valence-corrected chi connectivity index (χ1v) is 5.84. The summed E-state index contributed by atoms with van der Waals surface area (Å²) in [6.45, 7) is 0. The minimum Gasteiger partial charge on any atom is -0.109 e. The average Bonchev–Trinajstić information content (AvgIpc) is 1.56. The molecule has 9 heteroatoms. The van der Waals surface area contributed by atoms with Crippen molar-refractivity contribution in [3.8, 4) is 0 Å². The lowest BCUT2D eigenvalue weighted by Crippen LogP contribution is -1.81. The van der Waals surface area contributed by atoms with Crippen LogP contribution in [-0.2, 0) is 0 Å². The maximum Gasteiger partial charge on any atom is 0.266 e. The van der Waals surface area contributed by atoms with Gasteiger partial charge in [0.2, 0.25) is 0 Å². The lowest BCUT2D eigenvalue weighted by molar-refractivity contribution is 1.76. The summed E-state index contributed by atoms with van der Waals surface area (Å²) in [6, 6.07) is 0. The number of halogens is 9. The molecule has 0 atom stereocenters. The summed E-state index contributed by atoms with van der Waals surface area (Å²) in [6.07, 6.45) is 0. The summed E-state index contributed by atoms with van der Waals surface area (Å²) < 4.78 is -2.36. The molecule has 0 fully saturated rings. The second-order valence-electron chi connectivity index (χ2n) is 0.777. The number of rotatable bonds is 0. The van der Waals surface area contributed by atoms with Gasteiger partial charge >= 0.3 is 0 Å². The Balaban J connectivity index is -0.000000105. The Morgan fingerprint density at radius 2 is 0.833 bits per heavy atom. The predicted molar refractivity (Wildman–Crippen MR) is 64.1 cm³/mol. The fourth-order valence-electron chi connectivity index (χ4n) is 0. The van der Waals surface area contributed by atoms with Crippen LogP contribution in [-0.4, -0.2) is 12.9 Å². The highest BCUT2D eigenvalue weighted by molar-refractivity contribution is 6.83. The smallest absolute Gasteiger partial charge is 0.109 e. The van der Waals surface area contributed by atoms with Crippen LogP contribution in [0.25, 0.3) is 0 Å². The van der Waals surface area contributed by atoms with E-state index >= 15 is 0 Å². The molecule has 0 aromatic rings. The Morgan fingerprint density at radius 3 is 0.833 bits per heavy atom. The minimum absolute atomic E-state index is 0.194. The molecule has 0 spiro atoms. The summed E-state index contributed by atoms with van der Waals surface area (Å²) in [5.74, 6) is 0. The zero-order valence-corrected chi connectivity index (χ0v) is 12.0. The van der Waals surface area contributed by atoms with E-state index in [1.165, 1.54) is 0 Å². The summed E-state index contributed by atoms with van der Waals surface area (Å²) >= 11 is 43.2. The topological polar surface area (TPSA) is 0 Å². The lowest BCUT2D eigenvalue weighted by Gasteiger charge is -1.91. The fourth-order valence-corrected chi connectivity index (χ4v) is 0. The van der Waals surface area contributed by atoms with Crippen LogP contribution in [0.1, 0.15) is 0 Å². The maximum absolute atomic E-state index is 4.83. The Labute approximate surface area is 116 Å². The van der Waals surface area contributed by atoms with Crippen molar-refractivity contribution in [3.05, 3.63) is 0 Å². The third kappa shape index (κ3) is 250. The predicted octanol–water partition coefficient (Wildman–Crippen LogP) is 5.96. The average molecular weight is 358 g/mol. The van der Waals surface area contributed by atoms with Gasteiger partial charge in [-0.2, -0.15) is 0 Å². The van der Waals surface area contributed by atoms with Crippen LogP contribution in [0.15, 0.2) is 0 Å². The van der Waals surface area contributed by atoms with E-state index in [9.17, 15) is 0 Å². The molecule has 0 saturated heterocycles. The molecule has 0 aliphatic carbocycles. The third-order valence-corrected chi connectivity index (χ3v) is 0. The molecule has 0 nitrogen and oxygen atoms in total. The van der Waals surface area contributed by atoms with Crippen molar-refractivity contribution < 1.29 is 0 Å². The third-order valence-electron chi connectivity index (χ3n) is 0. The van der Waals surface area contributed by atoms with Gasteiger partial charge in [0.25, 0.3) is 3.25 Å². The highest BCUT2D eigenvalue weighted by atomic mass is 35.6. The van der Waals surface area contributed by atoms with E-state index in [1.807, 2.05) is 0 Å². The highest BCUT2D eigenvalue weighted by Crippen LogP contribution is 2.29. The normalized spacial score (nSPS) is 9.50. The Bertz CT molecular complexity index is 55.9. The Morgan fingerprint density at radius 1 is 0.833 bits per heavy atom. The van der Waals surface area contributed by atoms with Crippen LogP contribution >= 0.6 is 104 Å². The molecule has 0 radical (unpaired) electrons. The standard InChI is InChI=1S/CCl4.CHCl3.CH2Cl2/c2-1(3,4)5;2-1(3)4;2-1-3/h;1H;1H2. The quantitative estimate of drug-likeness (QED) is 0.469. The van der Waals surface area contributed by atoms with E-state index in [0.717, 1.165) is 0 Å². The van der Waals surface area contributed by atoms with Crippen LogP contribution in [0.3, 0.4) is 0 Å². The van der Waals surface area contributed by atoms with Crippen molar-refractivity contribution in [2.75, 3.05) is 5.34 Å². The number of alkyl halides is 9. The van der Waals surface area contributed by atoms with E-state index in [4.69, 9.17) is 104 Å². The van der Waals surface area contributed by atoms with Gasteiger partial charge in [0.15, 0.2) is 4.30 Å². The molecule has 12 heavy (non-hydrogen) atoms. The van der Waals surface area contributed by atoms with Gasteiger partial charge in [0.1, 0.15) is 0 Å². The first-order valence-electron chi connectivity index (χ1n) is 1.95.